The molecule has 5 nitrogen and oxygen atoms in total. The van der Waals surface area contributed by atoms with Crippen molar-refractivity contribution in [2.75, 3.05) is 12.3 Å². The molecule has 1 fully saturated rings. The van der Waals surface area contributed by atoms with Crippen LogP contribution in [0.15, 0.2) is 23.1 Å². The van der Waals surface area contributed by atoms with Crippen molar-refractivity contribution in [3.05, 3.63) is 23.8 Å². The smallest absolute Gasteiger partial charge is 0.240 e. The summed E-state index contributed by atoms with van der Waals surface area (Å²) in [6, 6.07) is 4.73. The lowest BCUT2D eigenvalue weighted by Crippen LogP contribution is -2.41. The zero-order chi connectivity index (χ0) is 14.0. The van der Waals surface area contributed by atoms with Crippen molar-refractivity contribution in [2.24, 2.45) is 0 Å². The van der Waals surface area contributed by atoms with Gasteiger partial charge in [0.15, 0.2) is 0 Å². The van der Waals surface area contributed by atoms with Gasteiger partial charge in [-0.05, 0) is 44.4 Å². The number of anilines is 1. The van der Waals surface area contributed by atoms with Crippen molar-refractivity contribution < 1.29 is 13.2 Å². The van der Waals surface area contributed by atoms with E-state index in [4.69, 9.17) is 10.5 Å². The summed E-state index contributed by atoms with van der Waals surface area (Å²) in [5.74, 6) is 0. The van der Waals surface area contributed by atoms with Gasteiger partial charge in [0.25, 0.3) is 0 Å². The maximum Gasteiger partial charge on any atom is 0.240 e. The molecule has 1 aliphatic heterocycles. The molecule has 0 aliphatic carbocycles. The van der Waals surface area contributed by atoms with Gasteiger partial charge >= 0.3 is 0 Å². The van der Waals surface area contributed by atoms with E-state index in [1.165, 1.54) is 6.07 Å². The highest BCUT2D eigenvalue weighted by atomic mass is 32.2. The summed E-state index contributed by atoms with van der Waals surface area (Å²) in [4.78, 5) is 0.217. The van der Waals surface area contributed by atoms with Crippen molar-refractivity contribution in [1.82, 2.24) is 4.72 Å². The molecule has 2 rings (SSSR count). The predicted molar refractivity (Wildman–Crippen MR) is 74.3 cm³/mol. The van der Waals surface area contributed by atoms with E-state index in [1.54, 1.807) is 12.1 Å². The minimum absolute atomic E-state index is 0.0729. The lowest BCUT2D eigenvalue weighted by Gasteiger charge is -2.27. The number of hydrogen-bond acceptors (Lipinski definition) is 4. The fourth-order valence-corrected chi connectivity index (χ4v) is 3.50. The second-order valence-corrected chi connectivity index (χ2v) is 6.76. The Bertz CT molecular complexity index is 557. The highest BCUT2D eigenvalue weighted by Gasteiger charge is 2.25. The Morgan fingerprint density at radius 3 is 2.79 bits per heavy atom. The van der Waals surface area contributed by atoms with E-state index in [0.29, 0.717) is 25.1 Å². The van der Waals surface area contributed by atoms with Gasteiger partial charge in [0.2, 0.25) is 10.0 Å². The number of nitrogen functional groups attached to an aromatic ring is 1. The van der Waals surface area contributed by atoms with Crippen molar-refractivity contribution in [3.63, 3.8) is 0 Å². The maximum atomic E-state index is 12.3. The molecule has 0 radical (unpaired) electrons. The van der Waals surface area contributed by atoms with Crippen LogP contribution in [0.4, 0.5) is 5.69 Å². The van der Waals surface area contributed by atoms with Crippen LogP contribution in [0, 0.1) is 6.92 Å². The molecule has 0 amide bonds. The molecular formula is C13H20N2O3S. The van der Waals surface area contributed by atoms with E-state index in [-0.39, 0.29) is 17.0 Å². The second kappa shape index (κ2) is 5.48. The average Bonchev–Trinajstić information content (AvgIpc) is 2.32. The summed E-state index contributed by atoms with van der Waals surface area (Å²) in [7, 11) is -3.51. The molecule has 2 atom stereocenters. The first-order chi connectivity index (χ1) is 8.88. The second-order valence-electron chi connectivity index (χ2n) is 5.04. The standard InChI is InChI=1S/C13H20N2O3S/c1-9-3-4-12(8-13(9)14)19(16,17)15-11-5-6-18-10(2)7-11/h3-4,8,10-11,15H,5-7,14H2,1-2H3. The van der Waals surface area contributed by atoms with Gasteiger partial charge < -0.3 is 10.5 Å². The summed E-state index contributed by atoms with van der Waals surface area (Å²) in [6.07, 6.45) is 1.48. The Balaban J connectivity index is 2.15. The van der Waals surface area contributed by atoms with Gasteiger partial charge in [0.1, 0.15) is 0 Å². The molecule has 3 N–H and O–H groups in total. The fourth-order valence-electron chi connectivity index (χ4n) is 2.18. The highest BCUT2D eigenvalue weighted by molar-refractivity contribution is 7.89. The van der Waals surface area contributed by atoms with Crippen LogP contribution in [0.2, 0.25) is 0 Å². The first-order valence-corrected chi connectivity index (χ1v) is 7.87. The van der Waals surface area contributed by atoms with Crippen molar-refractivity contribution in [2.45, 2.75) is 43.7 Å². The third-order valence-electron chi connectivity index (χ3n) is 3.37. The molecule has 1 aliphatic rings. The van der Waals surface area contributed by atoms with Crippen LogP contribution >= 0.6 is 0 Å². The Kier molecular flexibility index (Phi) is 4.13. The normalized spacial score (nSPS) is 24.3. The molecular weight excluding hydrogens is 264 g/mol. The molecule has 1 saturated heterocycles. The molecule has 1 heterocycles. The van der Waals surface area contributed by atoms with Gasteiger partial charge in [-0.25, -0.2) is 13.1 Å². The first-order valence-electron chi connectivity index (χ1n) is 6.38. The molecule has 6 heteroatoms. The molecule has 0 spiro atoms. The Labute approximate surface area is 114 Å². The molecule has 1 aromatic carbocycles. The third-order valence-corrected chi connectivity index (χ3v) is 4.89. The van der Waals surface area contributed by atoms with E-state index >= 15 is 0 Å². The predicted octanol–water partition coefficient (Wildman–Crippen LogP) is 1.42. The van der Waals surface area contributed by atoms with Gasteiger partial charge in [0.05, 0.1) is 11.0 Å². The van der Waals surface area contributed by atoms with Crippen molar-refractivity contribution >= 4 is 15.7 Å². The van der Waals surface area contributed by atoms with Crippen LogP contribution in [-0.2, 0) is 14.8 Å². The van der Waals surface area contributed by atoms with Crippen LogP contribution in [0.25, 0.3) is 0 Å². The number of sulfonamides is 1. The highest BCUT2D eigenvalue weighted by Crippen LogP contribution is 2.20. The van der Waals surface area contributed by atoms with Gasteiger partial charge in [-0.3, -0.25) is 0 Å². The van der Waals surface area contributed by atoms with E-state index in [2.05, 4.69) is 4.72 Å². The van der Waals surface area contributed by atoms with Crippen LogP contribution in [0.3, 0.4) is 0 Å². The topological polar surface area (TPSA) is 81.4 Å². The van der Waals surface area contributed by atoms with Crippen molar-refractivity contribution in [3.8, 4) is 0 Å². The van der Waals surface area contributed by atoms with Crippen LogP contribution < -0.4 is 10.5 Å². The SMILES string of the molecule is Cc1ccc(S(=O)(=O)NC2CCOC(C)C2)cc1N. The minimum atomic E-state index is -3.51. The van der Waals surface area contributed by atoms with Crippen LogP contribution in [0.1, 0.15) is 25.3 Å². The number of rotatable bonds is 3. The number of nitrogens with one attached hydrogen (secondary N) is 1. The van der Waals surface area contributed by atoms with Crippen molar-refractivity contribution in [1.29, 1.82) is 0 Å². The summed E-state index contributed by atoms with van der Waals surface area (Å²) < 4.78 is 32.7. The van der Waals surface area contributed by atoms with Crippen LogP contribution in [-0.4, -0.2) is 27.2 Å². The molecule has 1 aromatic rings. The van der Waals surface area contributed by atoms with Gasteiger partial charge in [-0.1, -0.05) is 6.07 Å². The Hall–Kier alpha value is -1.11. The molecule has 0 saturated carbocycles. The van der Waals surface area contributed by atoms with Gasteiger partial charge in [0, 0.05) is 18.3 Å². The quantitative estimate of drug-likeness (QED) is 0.823. The minimum Gasteiger partial charge on any atom is -0.398 e. The van der Waals surface area contributed by atoms with E-state index < -0.39 is 10.0 Å². The van der Waals surface area contributed by atoms with Gasteiger partial charge in [-0.2, -0.15) is 0 Å². The largest absolute Gasteiger partial charge is 0.398 e. The number of hydrogen-bond donors (Lipinski definition) is 2. The van der Waals surface area contributed by atoms with E-state index in [9.17, 15) is 8.42 Å². The lowest BCUT2D eigenvalue weighted by atomic mass is 10.1. The fraction of sp³-hybridized carbons (Fsp3) is 0.538. The maximum absolute atomic E-state index is 12.3. The molecule has 0 bridgehead atoms. The average molecular weight is 284 g/mol. The Morgan fingerprint density at radius 1 is 1.42 bits per heavy atom. The lowest BCUT2D eigenvalue weighted by molar-refractivity contribution is 0.0173. The van der Waals surface area contributed by atoms with E-state index in [0.717, 1.165) is 5.56 Å². The zero-order valence-corrected chi connectivity index (χ0v) is 12.0. The monoisotopic (exact) mass is 284 g/mol. The summed E-state index contributed by atoms with van der Waals surface area (Å²) >= 11 is 0. The number of benzene rings is 1. The third kappa shape index (κ3) is 3.46. The van der Waals surface area contributed by atoms with E-state index in [1.807, 2.05) is 13.8 Å². The molecule has 0 aromatic heterocycles. The first kappa shape index (κ1) is 14.3. The van der Waals surface area contributed by atoms with Crippen LogP contribution in [0.5, 0.6) is 0 Å². The number of ether oxygens (including phenoxy) is 1. The summed E-state index contributed by atoms with van der Waals surface area (Å²) in [6.45, 7) is 4.38. The summed E-state index contributed by atoms with van der Waals surface area (Å²) in [5, 5.41) is 0. The number of aryl methyl sites for hydroxylation is 1. The zero-order valence-electron chi connectivity index (χ0n) is 11.2. The Morgan fingerprint density at radius 2 is 2.16 bits per heavy atom. The summed E-state index contributed by atoms with van der Waals surface area (Å²) in [5.41, 5.74) is 7.12. The molecule has 2 unspecified atom stereocenters. The van der Waals surface area contributed by atoms with Gasteiger partial charge in [-0.15, -0.1) is 0 Å². The molecule has 106 valence electrons. The molecule has 19 heavy (non-hydrogen) atoms. The number of nitrogens with two attached hydrogens (primary N) is 1.